The number of nitrogen functional groups attached to an aromatic ring is 1. The van der Waals surface area contributed by atoms with Crippen molar-refractivity contribution in [1.29, 1.82) is 0 Å². The van der Waals surface area contributed by atoms with Crippen LogP contribution in [0.2, 0.25) is 0 Å². The number of benzene rings is 3. The first kappa shape index (κ1) is 38.4. The third-order valence-corrected chi connectivity index (χ3v) is 4.69. The predicted octanol–water partition coefficient (Wildman–Crippen LogP) is 6.33. The number of nitrogens with zero attached hydrogens (tertiary/aromatic N) is 2. The minimum Gasteiger partial charge on any atom is -0.399 e. The fraction of sp³-hybridized carbons (Fsp3) is 0.308. The molecular formula is C26H36Cl2FN5O6. The molecule has 0 saturated heterocycles. The van der Waals surface area contributed by atoms with Crippen molar-refractivity contribution in [2.45, 2.75) is 25.9 Å². The van der Waals surface area contributed by atoms with Crippen LogP contribution in [0.4, 0.5) is 32.8 Å². The lowest BCUT2D eigenvalue weighted by molar-refractivity contribution is -0.385. The molecule has 0 radical (unpaired) electrons. The number of ether oxygens (including phenoxy) is 2. The Balaban J connectivity index is 0. The number of non-ortho nitro benzene ring substituents is 2. The van der Waals surface area contributed by atoms with Crippen LogP contribution in [-0.4, -0.2) is 49.4 Å². The minimum atomic E-state index is -0.570. The van der Waals surface area contributed by atoms with Gasteiger partial charge in [0.2, 0.25) is 0 Å². The molecular weight excluding hydrogens is 568 g/mol. The van der Waals surface area contributed by atoms with Gasteiger partial charge in [-0.2, -0.15) is 0 Å². The van der Waals surface area contributed by atoms with E-state index in [2.05, 4.69) is 17.6 Å². The second-order valence-electron chi connectivity index (χ2n) is 8.16. The van der Waals surface area contributed by atoms with Crippen LogP contribution in [0.25, 0.3) is 0 Å². The number of halogens is 3. The second kappa shape index (κ2) is 21.2. The first-order valence-corrected chi connectivity index (χ1v) is 11.6. The third-order valence-electron chi connectivity index (χ3n) is 4.69. The van der Waals surface area contributed by atoms with Gasteiger partial charge in [0.15, 0.2) is 0 Å². The zero-order valence-electron chi connectivity index (χ0n) is 22.6. The average Bonchev–Trinajstić information content (AvgIpc) is 2.87. The summed E-state index contributed by atoms with van der Waals surface area (Å²) in [5.41, 5.74) is 8.27. The van der Waals surface area contributed by atoms with Crippen LogP contribution in [-0.2, 0) is 9.47 Å². The number of nitro benzene ring substituents is 2. The Bertz CT molecular complexity index is 1110. The maximum Gasteiger partial charge on any atom is 0.269 e. The van der Waals surface area contributed by atoms with Gasteiger partial charge in [-0.25, -0.2) is 4.39 Å². The highest BCUT2D eigenvalue weighted by atomic mass is 35.5. The molecule has 2 unspecified atom stereocenters. The highest BCUT2D eigenvalue weighted by molar-refractivity contribution is 5.85. The summed E-state index contributed by atoms with van der Waals surface area (Å²) in [5, 5.41) is 26.8. The zero-order chi connectivity index (χ0) is 28.5. The molecule has 3 aromatic carbocycles. The SMILES string of the molecule is COCC(C)Nc1ccc(N)cc1.COCC(C)Nc1ccc([N+](=O)[O-])cc1.Cl.Cl.O=[N+]([O-])c1ccc(F)cc1. The van der Waals surface area contributed by atoms with Crippen LogP contribution in [0, 0.1) is 26.0 Å². The molecule has 2 atom stereocenters. The van der Waals surface area contributed by atoms with E-state index in [0.29, 0.717) is 19.3 Å². The number of methoxy groups -OCH3 is 2. The summed E-state index contributed by atoms with van der Waals surface area (Å²) in [4.78, 5) is 19.4. The quantitative estimate of drug-likeness (QED) is 0.137. The number of rotatable bonds is 10. The Hall–Kier alpha value is -3.71. The Kier molecular flexibility index (Phi) is 20.3. The van der Waals surface area contributed by atoms with Crippen LogP contribution >= 0.6 is 24.8 Å². The molecule has 40 heavy (non-hydrogen) atoms. The van der Waals surface area contributed by atoms with Crippen LogP contribution < -0.4 is 16.4 Å². The lowest BCUT2D eigenvalue weighted by Gasteiger charge is -2.13. The molecule has 0 heterocycles. The van der Waals surface area contributed by atoms with Gasteiger partial charge in [0.05, 0.1) is 23.1 Å². The minimum absolute atomic E-state index is 0. The molecule has 14 heteroatoms. The third kappa shape index (κ3) is 16.3. The fourth-order valence-electron chi connectivity index (χ4n) is 2.97. The number of anilines is 3. The maximum absolute atomic E-state index is 12.1. The van der Waals surface area contributed by atoms with Crippen LogP contribution in [0.3, 0.4) is 0 Å². The van der Waals surface area contributed by atoms with Crippen molar-refractivity contribution in [3.05, 3.63) is 98.8 Å². The van der Waals surface area contributed by atoms with Crippen molar-refractivity contribution >= 4 is 53.3 Å². The Morgan fingerprint density at radius 2 is 1.05 bits per heavy atom. The molecule has 0 amide bonds. The van der Waals surface area contributed by atoms with E-state index in [0.717, 1.165) is 41.3 Å². The number of nitrogens with two attached hydrogens (primary N) is 1. The molecule has 11 nitrogen and oxygen atoms in total. The molecule has 3 rings (SSSR count). The fourth-order valence-corrected chi connectivity index (χ4v) is 2.97. The number of hydrogen-bond acceptors (Lipinski definition) is 9. The van der Waals surface area contributed by atoms with Crippen LogP contribution in [0.1, 0.15) is 13.8 Å². The molecule has 0 spiro atoms. The van der Waals surface area contributed by atoms with Gasteiger partial charge in [0.25, 0.3) is 11.4 Å². The van der Waals surface area contributed by atoms with E-state index in [1.54, 1.807) is 26.4 Å². The summed E-state index contributed by atoms with van der Waals surface area (Å²) in [6, 6.07) is 18.8. The van der Waals surface area contributed by atoms with Gasteiger partial charge >= 0.3 is 0 Å². The van der Waals surface area contributed by atoms with Gasteiger partial charge in [0.1, 0.15) is 5.82 Å². The molecule has 0 aliphatic rings. The monoisotopic (exact) mass is 603 g/mol. The summed E-state index contributed by atoms with van der Waals surface area (Å²) in [7, 11) is 3.33. The van der Waals surface area contributed by atoms with Gasteiger partial charge < -0.3 is 25.8 Å². The number of hydrogen-bond donors (Lipinski definition) is 3. The van der Waals surface area contributed by atoms with Crippen molar-refractivity contribution in [1.82, 2.24) is 0 Å². The Labute approximate surface area is 245 Å². The zero-order valence-corrected chi connectivity index (χ0v) is 24.2. The van der Waals surface area contributed by atoms with Crippen molar-refractivity contribution in [2.75, 3.05) is 43.8 Å². The highest BCUT2D eigenvalue weighted by Gasteiger charge is 2.06. The van der Waals surface area contributed by atoms with E-state index in [9.17, 15) is 24.6 Å². The van der Waals surface area contributed by atoms with Gasteiger partial charge in [-0.05, 0) is 62.4 Å². The number of nitro groups is 2. The molecule has 3 aromatic rings. The molecule has 0 aliphatic heterocycles. The topological polar surface area (TPSA) is 155 Å². The van der Waals surface area contributed by atoms with Gasteiger partial charge in [-0.15, -0.1) is 24.8 Å². The largest absolute Gasteiger partial charge is 0.399 e. The standard InChI is InChI=1S/C10H14N2O3.C10H16N2O.C6H4FNO2.2ClH/c1-8(7-15-2)11-9-3-5-10(6-4-9)12(13)14;1-8(7-13-2)12-10-5-3-9(11)4-6-10;7-5-1-3-6(4-2-5)8(9)10;;/h3-6,8,11H,7H2,1-2H3;3-6,8,12H,7,11H2,1-2H3;1-4H;2*1H. The summed E-state index contributed by atoms with van der Waals surface area (Å²) in [6.45, 7) is 5.34. The summed E-state index contributed by atoms with van der Waals surface area (Å²) < 4.78 is 22.1. The smallest absolute Gasteiger partial charge is 0.269 e. The van der Waals surface area contributed by atoms with Crippen molar-refractivity contribution in [2.24, 2.45) is 0 Å². The van der Waals surface area contributed by atoms with Gasteiger partial charge in [-0.1, -0.05) is 0 Å². The van der Waals surface area contributed by atoms with E-state index in [-0.39, 0.29) is 42.2 Å². The summed E-state index contributed by atoms with van der Waals surface area (Å²) >= 11 is 0. The van der Waals surface area contributed by atoms with Crippen molar-refractivity contribution in [3.8, 4) is 0 Å². The van der Waals surface area contributed by atoms with E-state index in [1.165, 1.54) is 12.1 Å². The molecule has 4 N–H and O–H groups in total. The molecule has 0 bridgehead atoms. The number of nitrogens with one attached hydrogen (secondary N) is 2. The van der Waals surface area contributed by atoms with Gasteiger partial charge in [-0.3, -0.25) is 20.2 Å². The van der Waals surface area contributed by atoms with Crippen LogP contribution in [0.15, 0.2) is 72.8 Å². The lowest BCUT2D eigenvalue weighted by atomic mass is 10.2. The second-order valence-corrected chi connectivity index (χ2v) is 8.16. The van der Waals surface area contributed by atoms with Crippen molar-refractivity contribution < 1.29 is 23.7 Å². The highest BCUT2D eigenvalue weighted by Crippen LogP contribution is 2.16. The molecule has 0 fully saturated rings. The summed E-state index contributed by atoms with van der Waals surface area (Å²) in [6.07, 6.45) is 0. The normalized spacial score (nSPS) is 10.9. The first-order valence-electron chi connectivity index (χ1n) is 11.6. The van der Waals surface area contributed by atoms with E-state index in [1.807, 2.05) is 31.2 Å². The predicted molar refractivity (Wildman–Crippen MR) is 161 cm³/mol. The lowest BCUT2D eigenvalue weighted by Crippen LogP contribution is -2.20. The van der Waals surface area contributed by atoms with Crippen LogP contribution in [0.5, 0.6) is 0 Å². The van der Waals surface area contributed by atoms with E-state index in [4.69, 9.17) is 15.2 Å². The van der Waals surface area contributed by atoms with E-state index >= 15 is 0 Å². The molecule has 0 aromatic heterocycles. The Morgan fingerprint density at radius 1 is 0.725 bits per heavy atom. The van der Waals surface area contributed by atoms with E-state index < -0.39 is 15.7 Å². The maximum atomic E-state index is 12.1. The molecule has 0 saturated carbocycles. The summed E-state index contributed by atoms with van der Waals surface area (Å²) in [5.74, 6) is -0.467. The average molecular weight is 605 g/mol. The van der Waals surface area contributed by atoms with Gasteiger partial charge in [0, 0.05) is 67.6 Å². The molecule has 0 aliphatic carbocycles. The molecule has 222 valence electrons. The Morgan fingerprint density at radius 3 is 1.38 bits per heavy atom. The first-order chi connectivity index (χ1) is 18.0. The van der Waals surface area contributed by atoms with Crippen molar-refractivity contribution in [3.63, 3.8) is 0 Å².